The molecular formula is C7H17O5P. The number of phosphoric ester groups is 1. The maximum absolute atomic E-state index is 10.4. The molecule has 0 heterocycles. The Morgan fingerprint density at radius 2 is 1.92 bits per heavy atom. The summed E-state index contributed by atoms with van der Waals surface area (Å²) >= 11 is 0. The summed E-state index contributed by atoms with van der Waals surface area (Å²) in [5.41, 5.74) is 0. The van der Waals surface area contributed by atoms with Crippen LogP contribution in [0.1, 0.15) is 27.2 Å². The lowest BCUT2D eigenvalue weighted by Gasteiger charge is -2.18. The van der Waals surface area contributed by atoms with Gasteiger partial charge in [-0.25, -0.2) is 4.57 Å². The SMILES string of the molecule is CCC(COP(=O)(O)O)OC(C)C. The van der Waals surface area contributed by atoms with E-state index < -0.39 is 7.82 Å². The molecule has 13 heavy (non-hydrogen) atoms. The Bertz CT molecular complexity index is 176. The van der Waals surface area contributed by atoms with Gasteiger partial charge in [-0.15, -0.1) is 0 Å². The molecule has 2 N–H and O–H groups in total. The van der Waals surface area contributed by atoms with Crippen molar-refractivity contribution in [2.45, 2.75) is 39.4 Å². The number of rotatable bonds is 6. The third kappa shape index (κ3) is 8.40. The fourth-order valence-electron chi connectivity index (χ4n) is 0.818. The zero-order valence-electron chi connectivity index (χ0n) is 8.14. The van der Waals surface area contributed by atoms with E-state index in [2.05, 4.69) is 4.52 Å². The lowest BCUT2D eigenvalue weighted by molar-refractivity contribution is -0.0241. The molecule has 0 spiro atoms. The molecule has 0 bridgehead atoms. The molecular weight excluding hydrogens is 195 g/mol. The number of ether oxygens (including phenoxy) is 1. The van der Waals surface area contributed by atoms with E-state index in [4.69, 9.17) is 14.5 Å². The molecule has 0 aliphatic heterocycles. The van der Waals surface area contributed by atoms with Gasteiger partial charge in [0.2, 0.25) is 0 Å². The van der Waals surface area contributed by atoms with E-state index in [0.717, 1.165) is 0 Å². The highest BCUT2D eigenvalue weighted by atomic mass is 31.2. The monoisotopic (exact) mass is 212 g/mol. The quantitative estimate of drug-likeness (QED) is 0.649. The zero-order chi connectivity index (χ0) is 10.5. The molecule has 1 atom stereocenters. The lowest BCUT2D eigenvalue weighted by Crippen LogP contribution is -2.22. The normalized spacial score (nSPS) is 14.9. The van der Waals surface area contributed by atoms with Crippen LogP contribution in [0.25, 0.3) is 0 Å². The van der Waals surface area contributed by atoms with Gasteiger partial charge in [0.05, 0.1) is 18.8 Å². The maximum Gasteiger partial charge on any atom is 0.469 e. The zero-order valence-corrected chi connectivity index (χ0v) is 9.03. The molecule has 0 radical (unpaired) electrons. The van der Waals surface area contributed by atoms with Crippen LogP contribution < -0.4 is 0 Å². The third-order valence-electron chi connectivity index (χ3n) is 1.35. The smallest absolute Gasteiger partial charge is 0.373 e. The van der Waals surface area contributed by atoms with Gasteiger partial charge in [0.25, 0.3) is 0 Å². The molecule has 0 fully saturated rings. The van der Waals surface area contributed by atoms with Crippen molar-refractivity contribution >= 4 is 7.82 Å². The van der Waals surface area contributed by atoms with Gasteiger partial charge < -0.3 is 14.5 Å². The van der Waals surface area contributed by atoms with E-state index in [-0.39, 0.29) is 18.8 Å². The van der Waals surface area contributed by atoms with Gasteiger partial charge in [0, 0.05) is 0 Å². The highest BCUT2D eigenvalue weighted by Crippen LogP contribution is 2.36. The molecule has 0 aromatic carbocycles. The Labute approximate surface area is 78.3 Å². The summed E-state index contributed by atoms with van der Waals surface area (Å²) in [7, 11) is -4.36. The molecule has 0 aliphatic carbocycles. The largest absolute Gasteiger partial charge is 0.469 e. The fourth-order valence-corrected chi connectivity index (χ4v) is 1.18. The van der Waals surface area contributed by atoms with E-state index >= 15 is 0 Å². The Morgan fingerprint density at radius 3 is 2.23 bits per heavy atom. The Hall–Kier alpha value is 0.0700. The average Bonchev–Trinajstić information content (AvgIpc) is 1.95. The van der Waals surface area contributed by atoms with Gasteiger partial charge in [-0.1, -0.05) is 6.92 Å². The van der Waals surface area contributed by atoms with E-state index in [1.165, 1.54) is 0 Å². The van der Waals surface area contributed by atoms with E-state index in [9.17, 15) is 4.57 Å². The van der Waals surface area contributed by atoms with Gasteiger partial charge in [0.15, 0.2) is 0 Å². The molecule has 0 rings (SSSR count). The molecule has 80 valence electrons. The van der Waals surface area contributed by atoms with Crippen molar-refractivity contribution in [1.29, 1.82) is 0 Å². The van der Waals surface area contributed by atoms with Crippen LogP contribution >= 0.6 is 7.82 Å². The topological polar surface area (TPSA) is 76.0 Å². The van der Waals surface area contributed by atoms with Crippen LogP contribution in [0.3, 0.4) is 0 Å². The first-order valence-electron chi connectivity index (χ1n) is 4.20. The molecule has 0 aromatic rings. The predicted octanol–water partition coefficient (Wildman–Crippen LogP) is 1.30. The second-order valence-corrected chi connectivity index (χ2v) is 4.24. The molecule has 6 heteroatoms. The highest BCUT2D eigenvalue weighted by Gasteiger charge is 2.18. The summed E-state index contributed by atoms with van der Waals surface area (Å²) in [4.78, 5) is 16.9. The van der Waals surface area contributed by atoms with Crippen molar-refractivity contribution in [3.05, 3.63) is 0 Å². The summed E-state index contributed by atoms with van der Waals surface area (Å²) < 4.78 is 20.0. The van der Waals surface area contributed by atoms with Gasteiger partial charge in [-0.05, 0) is 20.3 Å². The molecule has 0 amide bonds. The second-order valence-electron chi connectivity index (χ2n) is 3.00. The lowest BCUT2D eigenvalue weighted by atomic mass is 10.3. The van der Waals surface area contributed by atoms with Crippen LogP contribution in [0, 0.1) is 0 Å². The van der Waals surface area contributed by atoms with E-state index in [1.54, 1.807) is 0 Å². The predicted molar refractivity (Wildman–Crippen MR) is 48.3 cm³/mol. The van der Waals surface area contributed by atoms with Crippen molar-refractivity contribution in [1.82, 2.24) is 0 Å². The number of phosphoric acid groups is 1. The van der Waals surface area contributed by atoms with Crippen LogP contribution in [-0.4, -0.2) is 28.6 Å². The van der Waals surface area contributed by atoms with E-state index in [0.29, 0.717) is 6.42 Å². The van der Waals surface area contributed by atoms with Crippen molar-refractivity contribution in [3.63, 3.8) is 0 Å². The molecule has 0 saturated carbocycles. The second kappa shape index (κ2) is 5.73. The van der Waals surface area contributed by atoms with Crippen molar-refractivity contribution in [2.24, 2.45) is 0 Å². The van der Waals surface area contributed by atoms with Crippen molar-refractivity contribution in [2.75, 3.05) is 6.61 Å². The Kier molecular flexibility index (Phi) is 5.76. The number of hydrogen-bond donors (Lipinski definition) is 2. The standard InChI is InChI=1S/C7H17O5P/c1-4-7(12-6(2)3)5-11-13(8,9)10/h6-7H,4-5H2,1-3H3,(H2,8,9,10). The third-order valence-corrected chi connectivity index (χ3v) is 1.83. The molecule has 5 nitrogen and oxygen atoms in total. The van der Waals surface area contributed by atoms with Crippen LogP contribution in [0.4, 0.5) is 0 Å². The van der Waals surface area contributed by atoms with Crippen LogP contribution in [0.5, 0.6) is 0 Å². The average molecular weight is 212 g/mol. The van der Waals surface area contributed by atoms with Gasteiger partial charge in [0.1, 0.15) is 0 Å². The van der Waals surface area contributed by atoms with Crippen molar-refractivity contribution < 1.29 is 23.6 Å². The first-order chi connectivity index (χ1) is 5.85. The van der Waals surface area contributed by atoms with Crippen LogP contribution in [-0.2, 0) is 13.8 Å². The highest BCUT2D eigenvalue weighted by molar-refractivity contribution is 7.46. The first kappa shape index (κ1) is 13.1. The molecule has 0 saturated heterocycles. The van der Waals surface area contributed by atoms with Crippen LogP contribution in [0.2, 0.25) is 0 Å². The van der Waals surface area contributed by atoms with Crippen LogP contribution in [0.15, 0.2) is 0 Å². The van der Waals surface area contributed by atoms with Crippen molar-refractivity contribution in [3.8, 4) is 0 Å². The first-order valence-corrected chi connectivity index (χ1v) is 5.73. The Morgan fingerprint density at radius 1 is 1.38 bits per heavy atom. The summed E-state index contributed by atoms with van der Waals surface area (Å²) in [5, 5.41) is 0. The molecule has 1 unspecified atom stereocenters. The molecule has 0 aromatic heterocycles. The molecule has 0 aliphatic rings. The van der Waals surface area contributed by atoms with Gasteiger partial charge >= 0.3 is 7.82 Å². The maximum atomic E-state index is 10.4. The minimum atomic E-state index is -4.36. The van der Waals surface area contributed by atoms with Gasteiger partial charge in [-0.3, -0.25) is 4.52 Å². The van der Waals surface area contributed by atoms with E-state index in [1.807, 2.05) is 20.8 Å². The minimum Gasteiger partial charge on any atom is -0.373 e. The fraction of sp³-hybridized carbons (Fsp3) is 1.00. The number of hydrogen-bond acceptors (Lipinski definition) is 3. The summed E-state index contributed by atoms with van der Waals surface area (Å²) in [5.74, 6) is 0. The summed E-state index contributed by atoms with van der Waals surface area (Å²) in [6.45, 7) is 5.52. The summed E-state index contributed by atoms with van der Waals surface area (Å²) in [6.07, 6.45) is 0.441. The van der Waals surface area contributed by atoms with Gasteiger partial charge in [-0.2, -0.15) is 0 Å². The Balaban J connectivity index is 3.79. The minimum absolute atomic E-state index is 0.0327. The summed E-state index contributed by atoms with van der Waals surface area (Å²) in [6, 6.07) is 0.